The summed E-state index contributed by atoms with van der Waals surface area (Å²) < 4.78 is 39.8. The van der Waals surface area contributed by atoms with Gasteiger partial charge < -0.3 is 14.2 Å². The van der Waals surface area contributed by atoms with Crippen LogP contribution in [0.1, 0.15) is 35.7 Å². The van der Waals surface area contributed by atoms with E-state index in [4.69, 9.17) is 14.2 Å². The molecule has 0 spiro atoms. The predicted octanol–water partition coefficient (Wildman–Crippen LogP) is 4.18. The number of hydrogen-bond acceptors (Lipinski definition) is 6. The second-order valence-corrected chi connectivity index (χ2v) is 8.43. The number of unbranched alkanes of at least 4 members (excludes halogenated alkanes) is 1. The lowest BCUT2D eigenvalue weighted by Gasteiger charge is -2.11. The lowest BCUT2D eigenvalue weighted by atomic mass is 10.1. The van der Waals surface area contributed by atoms with Gasteiger partial charge in [-0.2, -0.15) is 0 Å². The van der Waals surface area contributed by atoms with E-state index in [2.05, 4.69) is 6.92 Å². The fourth-order valence-electron chi connectivity index (χ4n) is 2.63. The first-order chi connectivity index (χ1) is 13.8. The van der Waals surface area contributed by atoms with Gasteiger partial charge in [0.05, 0.1) is 20.8 Å². The zero-order valence-electron chi connectivity index (χ0n) is 17.1. The molecule has 0 unspecified atom stereocenters. The summed E-state index contributed by atoms with van der Waals surface area (Å²) in [4.78, 5) is 12.6. The first kappa shape index (κ1) is 22.5. The maximum Gasteiger partial charge on any atom is 0.185 e. The van der Waals surface area contributed by atoms with Crippen LogP contribution in [0.25, 0.3) is 6.08 Å². The molecule has 0 saturated carbocycles. The highest BCUT2D eigenvalue weighted by Crippen LogP contribution is 2.29. The van der Waals surface area contributed by atoms with E-state index in [9.17, 15) is 13.2 Å². The minimum absolute atomic E-state index is 0.0459. The molecule has 0 aliphatic heterocycles. The third kappa shape index (κ3) is 6.09. The number of carbonyl (C=O) groups is 1. The largest absolute Gasteiger partial charge is 0.495 e. The van der Waals surface area contributed by atoms with Crippen LogP contribution in [-0.2, 0) is 9.84 Å². The third-order valence-corrected chi connectivity index (χ3v) is 5.35. The summed E-state index contributed by atoms with van der Waals surface area (Å²) in [6, 6.07) is 9.70. The van der Waals surface area contributed by atoms with Gasteiger partial charge in [0, 0.05) is 11.8 Å². The molecule has 0 atom stereocenters. The van der Waals surface area contributed by atoms with Crippen LogP contribution in [0, 0.1) is 0 Å². The number of sulfone groups is 1. The molecular formula is C22H26O6S. The fourth-order valence-corrected chi connectivity index (χ4v) is 3.45. The average molecular weight is 419 g/mol. The molecule has 156 valence electrons. The molecule has 0 amide bonds. The zero-order chi connectivity index (χ0) is 21.4. The van der Waals surface area contributed by atoms with Gasteiger partial charge in [-0.05, 0) is 48.4 Å². The maximum atomic E-state index is 12.5. The minimum atomic E-state index is -3.44. The van der Waals surface area contributed by atoms with Gasteiger partial charge in [-0.1, -0.05) is 25.5 Å². The van der Waals surface area contributed by atoms with Crippen molar-refractivity contribution in [1.29, 1.82) is 0 Å². The summed E-state index contributed by atoms with van der Waals surface area (Å²) in [7, 11) is -0.500. The molecule has 0 fully saturated rings. The van der Waals surface area contributed by atoms with E-state index in [1.54, 1.807) is 19.3 Å². The summed E-state index contributed by atoms with van der Waals surface area (Å²) in [6.45, 7) is 2.67. The van der Waals surface area contributed by atoms with Crippen LogP contribution in [-0.4, -0.2) is 41.3 Å². The van der Waals surface area contributed by atoms with Crippen molar-refractivity contribution in [3.05, 3.63) is 53.6 Å². The van der Waals surface area contributed by atoms with Crippen LogP contribution in [0.2, 0.25) is 0 Å². The number of allylic oxidation sites excluding steroid dienone is 1. The van der Waals surface area contributed by atoms with Crippen molar-refractivity contribution < 1.29 is 27.4 Å². The van der Waals surface area contributed by atoms with Crippen LogP contribution in [0.15, 0.2) is 47.4 Å². The maximum absolute atomic E-state index is 12.5. The molecule has 7 heteroatoms. The second kappa shape index (κ2) is 10.1. The smallest absolute Gasteiger partial charge is 0.185 e. The standard InChI is InChI=1S/C22H26O6S/c1-5-6-13-28-20-14-16(8-11-19(20)26-2)7-10-18(23)17-9-12-22(29(4,24)25)21(15-17)27-3/h7-12,14-15H,5-6,13H2,1-4H3/b10-7+. The number of ether oxygens (including phenoxy) is 3. The number of methoxy groups -OCH3 is 2. The molecular weight excluding hydrogens is 392 g/mol. The summed E-state index contributed by atoms with van der Waals surface area (Å²) in [5.41, 5.74) is 1.11. The molecule has 6 nitrogen and oxygen atoms in total. The van der Waals surface area contributed by atoms with Gasteiger partial charge in [0.25, 0.3) is 0 Å². The van der Waals surface area contributed by atoms with Crippen LogP contribution in [0.3, 0.4) is 0 Å². The van der Waals surface area contributed by atoms with Crippen molar-refractivity contribution in [3.63, 3.8) is 0 Å². The monoisotopic (exact) mass is 418 g/mol. The lowest BCUT2D eigenvalue weighted by Crippen LogP contribution is -2.03. The van der Waals surface area contributed by atoms with Crippen LogP contribution >= 0.6 is 0 Å². The van der Waals surface area contributed by atoms with Crippen LogP contribution in [0.4, 0.5) is 0 Å². The van der Waals surface area contributed by atoms with E-state index in [-0.39, 0.29) is 16.4 Å². The molecule has 0 bridgehead atoms. The van der Waals surface area contributed by atoms with E-state index < -0.39 is 9.84 Å². The van der Waals surface area contributed by atoms with E-state index in [0.717, 1.165) is 24.7 Å². The molecule has 0 aliphatic rings. The van der Waals surface area contributed by atoms with Gasteiger partial charge in [-0.3, -0.25) is 4.79 Å². The molecule has 0 aromatic heterocycles. The van der Waals surface area contributed by atoms with Crippen LogP contribution < -0.4 is 14.2 Å². The van der Waals surface area contributed by atoms with Gasteiger partial charge in [0.2, 0.25) is 0 Å². The number of carbonyl (C=O) groups excluding carboxylic acids is 1. The summed E-state index contributed by atoms with van der Waals surface area (Å²) >= 11 is 0. The van der Waals surface area contributed by atoms with E-state index in [0.29, 0.717) is 23.7 Å². The van der Waals surface area contributed by atoms with Gasteiger partial charge in [0.1, 0.15) is 10.6 Å². The average Bonchev–Trinajstić information content (AvgIpc) is 2.71. The zero-order valence-corrected chi connectivity index (χ0v) is 17.9. The minimum Gasteiger partial charge on any atom is -0.495 e. The number of hydrogen-bond donors (Lipinski definition) is 0. The van der Waals surface area contributed by atoms with Gasteiger partial charge in [0.15, 0.2) is 27.1 Å². The quantitative estimate of drug-likeness (QED) is 0.327. The molecule has 0 saturated heterocycles. The Morgan fingerprint density at radius 2 is 1.72 bits per heavy atom. The van der Waals surface area contributed by atoms with Crippen LogP contribution in [0.5, 0.6) is 17.2 Å². The first-order valence-corrected chi connectivity index (χ1v) is 11.1. The number of benzene rings is 2. The Morgan fingerprint density at radius 1 is 1.00 bits per heavy atom. The highest BCUT2D eigenvalue weighted by Gasteiger charge is 2.16. The van der Waals surface area contributed by atoms with Crippen molar-refractivity contribution in [2.24, 2.45) is 0 Å². The molecule has 0 aliphatic carbocycles. The molecule has 0 heterocycles. The molecule has 0 radical (unpaired) electrons. The molecule has 29 heavy (non-hydrogen) atoms. The van der Waals surface area contributed by atoms with Crippen molar-refractivity contribution in [2.75, 3.05) is 27.1 Å². The van der Waals surface area contributed by atoms with E-state index in [1.165, 1.54) is 31.4 Å². The highest BCUT2D eigenvalue weighted by molar-refractivity contribution is 7.90. The van der Waals surface area contributed by atoms with Crippen molar-refractivity contribution in [3.8, 4) is 17.2 Å². The third-order valence-electron chi connectivity index (χ3n) is 4.22. The van der Waals surface area contributed by atoms with Crippen molar-refractivity contribution in [2.45, 2.75) is 24.7 Å². The van der Waals surface area contributed by atoms with Crippen molar-refractivity contribution >= 4 is 21.7 Å². The Bertz CT molecular complexity index is 992. The SMILES string of the molecule is CCCCOc1cc(/C=C/C(=O)c2ccc(S(C)(=O)=O)c(OC)c2)ccc1OC. The van der Waals surface area contributed by atoms with E-state index in [1.807, 2.05) is 12.1 Å². The summed E-state index contributed by atoms with van der Waals surface area (Å²) in [5, 5.41) is 0. The molecule has 2 aromatic rings. The predicted molar refractivity (Wildman–Crippen MR) is 113 cm³/mol. The van der Waals surface area contributed by atoms with Gasteiger partial charge in [-0.15, -0.1) is 0 Å². The Balaban J connectivity index is 2.23. The Morgan fingerprint density at radius 3 is 2.34 bits per heavy atom. The Kier molecular flexibility index (Phi) is 7.84. The normalized spacial score (nSPS) is 11.4. The Labute approximate surface area is 172 Å². The number of rotatable bonds is 10. The first-order valence-electron chi connectivity index (χ1n) is 9.21. The molecule has 0 N–H and O–H groups in total. The highest BCUT2D eigenvalue weighted by atomic mass is 32.2. The second-order valence-electron chi connectivity index (χ2n) is 6.45. The molecule has 2 rings (SSSR count). The van der Waals surface area contributed by atoms with Gasteiger partial charge in [-0.25, -0.2) is 8.42 Å². The molecule has 2 aromatic carbocycles. The fraction of sp³-hybridized carbons (Fsp3) is 0.318. The lowest BCUT2D eigenvalue weighted by molar-refractivity contribution is 0.104. The Hall–Kier alpha value is -2.80. The van der Waals surface area contributed by atoms with Crippen molar-refractivity contribution in [1.82, 2.24) is 0 Å². The number of ketones is 1. The summed E-state index contributed by atoms with van der Waals surface area (Å²) in [5.74, 6) is 1.12. The van der Waals surface area contributed by atoms with E-state index >= 15 is 0 Å². The topological polar surface area (TPSA) is 78.9 Å². The van der Waals surface area contributed by atoms with Gasteiger partial charge >= 0.3 is 0 Å². The summed E-state index contributed by atoms with van der Waals surface area (Å²) in [6.07, 6.45) is 6.15.